The number of aliphatic hydroxyl groups is 1. The molecule has 3 aromatic carbocycles. The summed E-state index contributed by atoms with van der Waals surface area (Å²) in [4.78, 5) is 12.0. The number of halogens is 1. The van der Waals surface area contributed by atoms with Crippen LogP contribution in [0.4, 0.5) is 5.69 Å². The first-order valence-corrected chi connectivity index (χ1v) is 13.6. The van der Waals surface area contributed by atoms with Gasteiger partial charge in [-0.25, -0.2) is 17.9 Å². The Bertz CT molecular complexity index is 1250. The van der Waals surface area contributed by atoms with Crippen molar-refractivity contribution in [2.45, 2.75) is 43.7 Å². The molecule has 0 amide bonds. The summed E-state index contributed by atoms with van der Waals surface area (Å²) in [5.74, 6) is -0.567. The number of rotatable bonds is 12. The van der Waals surface area contributed by atoms with E-state index in [1.54, 1.807) is 43.3 Å². The highest BCUT2D eigenvalue weighted by Crippen LogP contribution is 2.34. The summed E-state index contributed by atoms with van der Waals surface area (Å²) in [7, 11) is -3.79. The highest BCUT2D eigenvalue weighted by atomic mass is 35.5. The highest BCUT2D eigenvalue weighted by molar-refractivity contribution is 7.89. The van der Waals surface area contributed by atoms with Gasteiger partial charge in [-0.15, -0.1) is 0 Å². The van der Waals surface area contributed by atoms with Gasteiger partial charge in [0.05, 0.1) is 18.1 Å². The Morgan fingerprint density at radius 3 is 2.33 bits per heavy atom. The first-order valence-electron chi connectivity index (χ1n) is 11.8. The Morgan fingerprint density at radius 1 is 1.03 bits per heavy atom. The molecule has 3 N–H and O–H groups in total. The van der Waals surface area contributed by atoms with Crippen molar-refractivity contribution < 1.29 is 23.1 Å². The number of carbonyl (C=O) groups excluding carboxylic acids is 1. The molecule has 0 bridgehead atoms. The van der Waals surface area contributed by atoms with Gasteiger partial charge in [0.15, 0.2) is 0 Å². The van der Waals surface area contributed by atoms with Crippen molar-refractivity contribution >= 4 is 33.3 Å². The lowest BCUT2D eigenvalue weighted by atomic mass is 9.89. The van der Waals surface area contributed by atoms with Crippen LogP contribution in [0, 0.1) is 0 Å². The molecular formula is C27H31ClN2O5S. The minimum absolute atomic E-state index is 0.0220. The Balaban J connectivity index is 1.71. The summed E-state index contributed by atoms with van der Waals surface area (Å²) >= 11 is 6.48. The number of esters is 1. The minimum Gasteiger partial charge on any atom is -0.464 e. The second-order valence-electron chi connectivity index (χ2n) is 8.21. The summed E-state index contributed by atoms with van der Waals surface area (Å²) in [6.07, 6.45) is 0.772. The van der Waals surface area contributed by atoms with Crippen molar-refractivity contribution in [1.29, 1.82) is 0 Å². The van der Waals surface area contributed by atoms with Crippen LogP contribution in [0.2, 0.25) is 5.02 Å². The molecule has 0 saturated heterocycles. The zero-order valence-electron chi connectivity index (χ0n) is 20.3. The molecular weight excluding hydrogens is 500 g/mol. The predicted octanol–water partition coefficient (Wildman–Crippen LogP) is 4.70. The molecule has 2 atom stereocenters. The molecule has 192 valence electrons. The molecule has 3 aromatic rings. The van der Waals surface area contributed by atoms with Gasteiger partial charge in [-0.3, -0.25) is 0 Å². The summed E-state index contributed by atoms with van der Waals surface area (Å²) in [5, 5.41) is 12.9. The van der Waals surface area contributed by atoms with E-state index in [-0.39, 0.29) is 24.0 Å². The van der Waals surface area contributed by atoms with E-state index in [0.717, 1.165) is 23.1 Å². The average molecular weight is 531 g/mol. The molecule has 0 spiro atoms. The number of sulfonamides is 1. The molecule has 0 aliphatic rings. The van der Waals surface area contributed by atoms with E-state index < -0.39 is 28.6 Å². The molecule has 36 heavy (non-hydrogen) atoms. The smallest absolute Gasteiger partial charge is 0.330 e. The lowest BCUT2D eigenvalue weighted by Gasteiger charge is -2.19. The largest absolute Gasteiger partial charge is 0.464 e. The van der Waals surface area contributed by atoms with Crippen molar-refractivity contribution in [3.8, 4) is 0 Å². The van der Waals surface area contributed by atoms with E-state index in [9.17, 15) is 18.3 Å². The fourth-order valence-electron chi connectivity index (χ4n) is 3.88. The van der Waals surface area contributed by atoms with Crippen LogP contribution in [-0.2, 0) is 26.1 Å². The maximum atomic E-state index is 13.1. The third kappa shape index (κ3) is 7.07. The summed E-state index contributed by atoms with van der Waals surface area (Å²) in [5.41, 5.74) is 3.17. The SMILES string of the molecule is CCOC(=O)C(CO)Nc1ccc(CNS(=O)(=O)c2ccc(Cl)c(C(CC)c3ccccc3)c2)cc1. The molecule has 2 unspecified atom stereocenters. The lowest BCUT2D eigenvalue weighted by molar-refractivity contribution is -0.144. The number of carbonyl (C=O) groups is 1. The molecule has 0 saturated carbocycles. The minimum atomic E-state index is -3.79. The first kappa shape index (κ1) is 27.7. The second-order valence-corrected chi connectivity index (χ2v) is 10.4. The monoisotopic (exact) mass is 530 g/mol. The van der Waals surface area contributed by atoms with Gasteiger partial charge >= 0.3 is 5.97 Å². The van der Waals surface area contributed by atoms with E-state index in [1.807, 2.05) is 37.3 Å². The highest BCUT2D eigenvalue weighted by Gasteiger charge is 2.21. The Hall–Kier alpha value is -2.91. The van der Waals surface area contributed by atoms with Gasteiger partial charge in [0.1, 0.15) is 6.04 Å². The van der Waals surface area contributed by atoms with Gasteiger partial charge in [-0.05, 0) is 60.4 Å². The third-order valence-electron chi connectivity index (χ3n) is 5.78. The topological polar surface area (TPSA) is 105 Å². The van der Waals surface area contributed by atoms with Crippen LogP contribution in [0.5, 0.6) is 0 Å². The third-order valence-corrected chi connectivity index (χ3v) is 7.52. The summed E-state index contributed by atoms with van der Waals surface area (Å²) in [6, 6.07) is 20.6. The fraction of sp³-hybridized carbons (Fsp3) is 0.296. The standard InChI is InChI=1S/C27H31ClN2O5S/c1-3-23(20-8-6-5-7-9-20)24-16-22(14-15-25(24)28)36(33,34)29-17-19-10-12-21(13-11-19)30-26(18-31)27(32)35-4-2/h5-16,23,26,29-31H,3-4,17-18H2,1-2H3. The second kappa shape index (κ2) is 12.9. The van der Waals surface area contributed by atoms with Crippen molar-refractivity contribution in [2.24, 2.45) is 0 Å². The van der Waals surface area contributed by atoms with Crippen LogP contribution >= 0.6 is 11.6 Å². The van der Waals surface area contributed by atoms with Crippen LogP contribution < -0.4 is 10.0 Å². The van der Waals surface area contributed by atoms with Crippen LogP contribution in [0.1, 0.15) is 42.9 Å². The van der Waals surface area contributed by atoms with Crippen LogP contribution in [0.3, 0.4) is 0 Å². The Kier molecular flexibility index (Phi) is 9.89. The van der Waals surface area contributed by atoms with Crippen molar-refractivity contribution in [3.63, 3.8) is 0 Å². The zero-order chi connectivity index (χ0) is 26.1. The van der Waals surface area contributed by atoms with Gasteiger partial charge in [-0.2, -0.15) is 0 Å². The number of benzene rings is 3. The number of ether oxygens (including phenoxy) is 1. The molecule has 9 heteroatoms. The molecule has 0 aromatic heterocycles. The maximum Gasteiger partial charge on any atom is 0.330 e. The molecule has 0 radical (unpaired) electrons. The maximum absolute atomic E-state index is 13.1. The van der Waals surface area contributed by atoms with E-state index in [1.165, 1.54) is 6.07 Å². The van der Waals surface area contributed by atoms with E-state index >= 15 is 0 Å². The fourth-order valence-corrected chi connectivity index (χ4v) is 5.18. The van der Waals surface area contributed by atoms with E-state index in [0.29, 0.717) is 10.7 Å². The van der Waals surface area contributed by atoms with Gasteiger partial charge in [0.25, 0.3) is 0 Å². The van der Waals surface area contributed by atoms with Crippen molar-refractivity contribution in [2.75, 3.05) is 18.5 Å². The molecule has 0 fully saturated rings. The Labute approximate surface area is 217 Å². The number of nitrogens with one attached hydrogen (secondary N) is 2. The summed E-state index contributed by atoms with van der Waals surface area (Å²) < 4.78 is 33.7. The van der Waals surface area contributed by atoms with Crippen molar-refractivity contribution in [1.82, 2.24) is 4.72 Å². The van der Waals surface area contributed by atoms with Gasteiger partial charge in [-0.1, -0.05) is 61.0 Å². The predicted molar refractivity (Wildman–Crippen MR) is 142 cm³/mol. The molecule has 0 heterocycles. The normalized spacial score (nSPS) is 13.1. The number of hydrogen-bond acceptors (Lipinski definition) is 6. The number of aliphatic hydroxyl groups excluding tert-OH is 1. The van der Waals surface area contributed by atoms with Crippen LogP contribution in [0.15, 0.2) is 77.7 Å². The molecule has 0 aliphatic heterocycles. The summed E-state index contributed by atoms with van der Waals surface area (Å²) in [6.45, 7) is 3.63. The lowest BCUT2D eigenvalue weighted by Crippen LogP contribution is -2.34. The molecule has 7 nitrogen and oxygen atoms in total. The Morgan fingerprint density at radius 2 is 1.72 bits per heavy atom. The van der Waals surface area contributed by atoms with Crippen LogP contribution in [0.25, 0.3) is 0 Å². The van der Waals surface area contributed by atoms with Crippen LogP contribution in [-0.4, -0.2) is 38.7 Å². The first-order chi connectivity index (χ1) is 17.3. The number of hydrogen-bond donors (Lipinski definition) is 3. The average Bonchev–Trinajstić information content (AvgIpc) is 2.89. The quantitative estimate of drug-likeness (QED) is 0.293. The number of anilines is 1. The molecule has 0 aliphatic carbocycles. The van der Waals surface area contributed by atoms with Gasteiger partial charge < -0.3 is 15.2 Å². The zero-order valence-corrected chi connectivity index (χ0v) is 21.9. The molecule has 3 rings (SSSR count). The van der Waals surface area contributed by atoms with Gasteiger partial charge in [0, 0.05) is 23.2 Å². The van der Waals surface area contributed by atoms with Crippen molar-refractivity contribution in [3.05, 3.63) is 94.5 Å². The van der Waals surface area contributed by atoms with E-state index in [2.05, 4.69) is 10.0 Å². The van der Waals surface area contributed by atoms with Gasteiger partial charge in [0.2, 0.25) is 10.0 Å². The van der Waals surface area contributed by atoms with E-state index in [4.69, 9.17) is 16.3 Å².